The van der Waals surface area contributed by atoms with Gasteiger partial charge in [0.2, 0.25) is 5.91 Å². The lowest BCUT2D eigenvalue weighted by Gasteiger charge is -2.36. The number of aromatic amines is 2. The Bertz CT molecular complexity index is 1830. The van der Waals surface area contributed by atoms with Crippen LogP contribution in [-0.4, -0.2) is 84.3 Å². The Labute approximate surface area is 289 Å². The third-order valence-electron chi connectivity index (χ3n) is 9.25. The zero-order valence-corrected chi connectivity index (χ0v) is 28.9. The van der Waals surface area contributed by atoms with Crippen LogP contribution in [0.1, 0.15) is 70.2 Å². The van der Waals surface area contributed by atoms with Gasteiger partial charge in [0.15, 0.2) is 0 Å². The number of ether oxygens (including phenoxy) is 2. The summed E-state index contributed by atoms with van der Waals surface area (Å²) < 4.78 is 10.3. The van der Waals surface area contributed by atoms with E-state index in [0.717, 1.165) is 70.3 Å². The lowest BCUT2D eigenvalue weighted by molar-refractivity contribution is -0.138. The van der Waals surface area contributed by atoms with Crippen molar-refractivity contribution in [1.29, 1.82) is 0 Å². The average molecular weight is 684 g/mol. The number of methoxy groups -OCH3 is 1. The number of imidazole rings is 2. The van der Waals surface area contributed by atoms with Crippen molar-refractivity contribution in [3.8, 4) is 33.6 Å². The van der Waals surface area contributed by atoms with Crippen molar-refractivity contribution < 1.29 is 23.9 Å². The van der Waals surface area contributed by atoms with Crippen molar-refractivity contribution in [3.05, 3.63) is 72.6 Å². The number of rotatable bonds is 6. The summed E-state index contributed by atoms with van der Waals surface area (Å²) in [4.78, 5) is 57.7. The summed E-state index contributed by atoms with van der Waals surface area (Å²) in [5, 5.41) is 2.75. The highest BCUT2D eigenvalue weighted by Gasteiger charge is 2.46. The molecule has 4 atom stereocenters. The highest BCUT2D eigenvalue weighted by Crippen LogP contribution is 2.43. The summed E-state index contributed by atoms with van der Waals surface area (Å²) in [6.07, 6.45) is 5.88. The number of H-pyrrole nitrogens is 2. The number of alkyl carbamates (subject to hydrolysis) is 1. The maximum absolute atomic E-state index is 13.3. The molecule has 49 heavy (non-hydrogen) atoms. The third kappa shape index (κ3) is 6.76. The van der Waals surface area contributed by atoms with Crippen LogP contribution in [0.25, 0.3) is 33.6 Å². The van der Waals surface area contributed by atoms with Gasteiger partial charge in [-0.05, 0) is 68.7 Å². The molecule has 3 aliphatic rings. The molecule has 5 heterocycles. The maximum atomic E-state index is 13.3. The molecule has 3 fully saturated rings. The van der Waals surface area contributed by atoms with E-state index in [0.29, 0.717) is 13.0 Å². The van der Waals surface area contributed by atoms with Crippen LogP contribution in [0, 0.1) is 0 Å². The minimum absolute atomic E-state index is 0.0737. The molecule has 0 aliphatic carbocycles. The number of carbonyl (C=O) groups excluding carboxylic acids is 3. The van der Waals surface area contributed by atoms with E-state index in [1.807, 2.05) is 38.1 Å². The minimum atomic E-state index is -0.597. The molecule has 7 rings (SSSR count). The molecule has 0 bridgehead atoms. The molecule has 3 saturated heterocycles. The fraction of sp³-hybridized carbons (Fsp3) is 0.417. The first-order chi connectivity index (χ1) is 23.6. The lowest BCUT2D eigenvalue weighted by atomic mass is 10.0. The Morgan fingerprint density at radius 2 is 1.43 bits per heavy atom. The highest BCUT2D eigenvalue weighted by atomic mass is 32.2. The molecular weight excluding hydrogens is 643 g/mol. The first-order valence-corrected chi connectivity index (χ1v) is 17.7. The molecule has 1 unspecified atom stereocenters. The molecule has 2 aromatic carbocycles. The van der Waals surface area contributed by atoms with Crippen molar-refractivity contribution in [2.45, 2.75) is 75.6 Å². The second-order valence-electron chi connectivity index (χ2n) is 13.7. The quantitative estimate of drug-likeness (QED) is 0.204. The number of aromatic nitrogens is 4. The number of thioether (sulfide) groups is 1. The number of amides is 3. The molecule has 0 saturated carbocycles. The van der Waals surface area contributed by atoms with E-state index in [1.165, 1.54) is 7.11 Å². The van der Waals surface area contributed by atoms with Gasteiger partial charge in [-0.3, -0.25) is 9.69 Å². The van der Waals surface area contributed by atoms with Gasteiger partial charge in [0, 0.05) is 12.3 Å². The number of carbonyl (C=O) groups is 3. The Balaban J connectivity index is 1.01. The zero-order valence-electron chi connectivity index (χ0n) is 28.1. The average Bonchev–Trinajstić information content (AvgIpc) is 3.91. The molecule has 3 N–H and O–H groups in total. The van der Waals surface area contributed by atoms with Crippen LogP contribution >= 0.6 is 11.8 Å². The fourth-order valence-corrected chi connectivity index (χ4v) is 8.26. The van der Waals surface area contributed by atoms with Crippen LogP contribution in [0.3, 0.4) is 0 Å². The van der Waals surface area contributed by atoms with Crippen LogP contribution in [0.2, 0.25) is 0 Å². The number of hydrogen-bond donors (Lipinski definition) is 3. The van der Waals surface area contributed by atoms with Crippen LogP contribution < -0.4 is 5.32 Å². The van der Waals surface area contributed by atoms with Crippen molar-refractivity contribution in [2.75, 3.05) is 19.4 Å². The van der Waals surface area contributed by atoms with Gasteiger partial charge in [0.25, 0.3) is 0 Å². The number of hydrogen-bond acceptors (Lipinski definition) is 8. The van der Waals surface area contributed by atoms with Gasteiger partial charge in [0.05, 0.1) is 48.3 Å². The molecule has 3 aliphatic heterocycles. The molecule has 12 nitrogen and oxygen atoms in total. The molecular formula is C36H41N7O5S. The lowest BCUT2D eigenvalue weighted by Crippen LogP contribution is -2.54. The normalized spacial score (nSPS) is 22.2. The maximum Gasteiger partial charge on any atom is 0.410 e. The van der Waals surface area contributed by atoms with Gasteiger partial charge >= 0.3 is 12.2 Å². The number of fused-ring (bicyclic) bond motifs is 1. The number of likely N-dealkylation sites (tertiary alicyclic amines) is 1. The Morgan fingerprint density at radius 1 is 0.857 bits per heavy atom. The first kappa shape index (κ1) is 32.8. The second-order valence-corrected chi connectivity index (χ2v) is 14.9. The summed E-state index contributed by atoms with van der Waals surface area (Å²) in [6, 6.07) is 15.7. The van der Waals surface area contributed by atoms with Crippen molar-refractivity contribution in [1.82, 2.24) is 35.1 Å². The van der Waals surface area contributed by atoms with E-state index in [2.05, 4.69) is 73.8 Å². The fourth-order valence-electron chi connectivity index (χ4n) is 6.82. The molecule has 13 heteroatoms. The van der Waals surface area contributed by atoms with Gasteiger partial charge in [-0.2, -0.15) is 0 Å². The Hall–Kier alpha value is -4.78. The summed E-state index contributed by atoms with van der Waals surface area (Å²) in [5.74, 6) is 2.16. The molecule has 256 valence electrons. The van der Waals surface area contributed by atoms with Gasteiger partial charge < -0.3 is 29.7 Å². The molecule has 0 radical (unpaired) electrons. The predicted octanol–water partition coefficient (Wildman–Crippen LogP) is 6.67. The van der Waals surface area contributed by atoms with Crippen molar-refractivity contribution in [2.24, 2.45) is 0 Å². The topological polar surface area (TPSA) is 146 Å². The second kappa shape index (κ2) is 13.3. The predicted molar refractivity (Wildman–Crippen MR) is 186 cm³/mol. The third-order valence-corrected chi connectivity index (χ3v) is 10.6. The van der Waals surface area contributed by atoms with E-state index in [4.69, 9.17) is 9.47 Å². The van der Waals surface area contributed by atoms with Crippen LogP contribution in [-0.2, 0) is 14.3 Å². The standard InChI is InChI=1S/C36H41N7O5S/c1-36(2,3)48-35(46)42-17-5-6-28(42)31-37-18-26(39-31)23-11-7-21(8-12-23)22-9-13-24(14-10-22)27-19-38-32(40-27)29-20-49-30-16-15-25(33(44)43(29)30)41-34(45)47-4/h7-14,18-19,25,28-30H,5-6,15-17,20H2,1-4H3,(H,37,39)(H,38,40)(H,41,45)/t25-,28-,29-,30?/m0/s1. The largest absolute Gasteiger partial charge is 0.453 e. The smallest absolute Gasteiger partial charge is 0.410 e. The van der Waals surface area contributed by atoms with E-state index in [1.54, 1.807) is 16.7 Å². The van der Waals surface area contributed by atoms with E-state index in [-0.39, 0.29) is 29.5 Å². The van der Waals surface area contributed by atoms with Gasteiger partial charge in [0.1, 0.15) is 23.3 Å². The Kier molecular flexibility index (Phi) is 8.86. The number of benzene rings is 2. The summed E-state index contributed by atoms with van der Waals surface area (Å²) >= 11 is 1.75. The molecule has 3 amide bonds. The van der Waals surface area contributed by atoms with Gasteiger partial charge in [-0.1, -0.05) is 48.5 Å². The van der Waals surface area contributed by atoms with E-state index in [9.17, 15) is 14.4 Å². The monoisotopic (exact) mass is 683 g/mol. The van der Waals surface area contributed by atoms with E-state index >= 15 is 0 Å². The van der Waals surface area contributed by atoms with Crippen LogP contribution in [0.4, 0.5) is 9.59 Å². The van der Waals surface area contributed by atoms with Crippen molar-refractivity contribution >= 4 is 29.9 Å². The summed E-state index contributed by atoms with van der Waals surface area (Å²) in [5.41, 5.74) is 5.40. The number of nitrogens with one attached hydrogen (secondary N) is 3. The highest BCUT2D eigenvalue weighted by molar-refractivity contribution is 8.00. The zero-order chi connectivity index (χ0) is 34.3. The SMILES string of the molecule is COC(=O)N[C@H]1CCC2SC[C@@H](c3ncc(-c4ccc(-c5ccc(-c6cnc([C@@H]7CCCN7C(=O)OC(C)(C)C)[nH]6)cc5)cc4)[nH]3)N2C1=O. The summed E-state index contributed by atoms with van der Waals surface area (Å²) in [7, 11) is 1.30. The first-order valence-electron chi connectivity index (χ1n) is 16.7. The number of piperidine rings is 1. The molecule has 2 aromatic heterocycles. The minimum Gasteiger partial charge on any atom is -0.453 e. The van der Waals surface area contributed by atoms with Crippen LogP contribution in [0.15, 0.2) is 60.9 Å². The van der Waals surface area contributed by atoms with Gasteiger partial charge in [-0.15, -0.1) is 11.8 Å². The van der Waals surface area contributed by atoms with Crippen molar-refractivity contribution in [3.63, 3.8) is 0 Å². The Morgan fingerprint density at radius 3 is 2.00 bits per heavy atom. The summed E-state index contributed by atoms with van der Waals surface area (Å²) in [6.45, 7) is 6.29. The molecule has 0 spiro atoms. The molecule has 4 aromatic rings. The number of nitrogens with zero attached hydrogens (tertiary/aromatic N) is 4. The van der Waals surface area contributed by atoms with Crippen LogP contribution in [0.5, 0.6) is 0 Å². The van der Waals surface area contributed by atoms with E-state index < -0.39 is 17.7 Å². The van der Waals surface area contributed by atoms with Gasteiger partial charge in [-0.25, -0.2) is 19.6 Å².